The summed E-state index contributed by atoms with van der Waals surface area (Å²) in [5, 5.41) is 8.86. The van der Waals surface area contributed by atoms with Crippen LogP contribution in [0.1, 0.15) is 17.9 Å². The Morgan fingerprint density at radius 3 is 2.08 bits per heavy atom. The van der Waals surface area contributed by atoms with E-state index in [-0.39, 0.29) is 30.8 Å². The van der Waals surface area contributed by atoms with Gasteiger partial charge in [0.15, 0.2) is 5.76 Å². The zero-order chi connectivity index (χ0) is 25.3. The van der Waals surface area contributed by atoms with E-state index in [0.717, 1.165) is 5.56 Å². The van der Waals surface area contributed by atoms with Gasteiger partial charge >= 0.3 is 0 Å². The van der Waals surface area contributed by atoms with Crippen molar-refractivity contribution >= 4 is 5.91 Å². The van der Waals surface area contributed by atoms with E-state index in [2.05, 4.69) is 0 Å². The Labute approximate surface area is 213 Å². The minimum absolute atomic E-state index is 0.0347. The molecule has 0 aromatic heterocycles. The minimum atomic E-state index is -0.595. The summed E-state index contributed by atoms with van der Waals surface area (Å²) in [6.07, 6.45) is 1.85. The number of rotatable bonds is 8. The van der Waals surface area contributed by atoms with Gasteiger partial charge in [-0.25, -0.2) is 0 Å². The molecule has 1 saturated heterocycles. The first kappa shape index (κ1) is 28.5. The Morgan fingerprint density at radius 2 is 1.47 bits per heavy atom. The van der Waals surface area contributed by atoms with Crippen molar-refractivity contribution in [2.75, 3.05) is 92.4 Å². The van der Waals surface area contributed by atoms with E-state index in [0.29, 0.717) is 85.6 Å². The van der Waals surface area contributed by atoms with E-state index in [1.54, 1.807) is 4.90 Å². The van der Waals surface area contributed by atoms with Crippen LogP contribution in [0.15, 0.2) is 42.2 Å². The number of amides is 1. The molecule has 1 amide bonds. The molecule has 0 unspecified atom stereocenters. The lowest BCUT2D eigenvalue weighted by Gasteiger charge is -2.32. The molecule has 2 heterocycles. The third kappa shape index (κ3) is 10.5. The predicted octanol–water partition coefficient (Wildman–Crippen LogP) is 1.33. The van der Waals surface area contributed by atoms with Gasteiger partial charge in [0, 0.05) is 25.4 Å². The maximum atomic E-state index is 13.5. The molecule has 2 aliphatic rings. The van der Waals surface area contributed by atoms with Crippen molar-refractivity contribution in [3.8, 4) is 0 Å². The van der Waals surface area contributed by atoms with Crippen molar-refractivity contribution in [2.24, 2.45) is 0 Å². The van der Waals surface area contributed by atoms with Crippen molar-refractivity contribution < 1.29 is 43.1 Å². The molecule has 10 heteroatoms. The molecule has 1 fully saturated rings. The molecule has 1 aromatic rings. The SMILES string of the molecule is O=C(C1=C[C@@H](c2ccccc2)C[C@@H](OCCOCCO)O1)N1CCOCCOCCOCCOCC1. The number of benzene rings is 1. The summed E-state index contributed by atoms with van der Waals surface area (Å²) in [5.41, 5.74) is 1.08. The summed E-state index contributed by atoms with van der Waals surface area (Å²) >= 11 is 0. The number of hydrogen-bond acceptors (Lipinski definition) is 9. The second-order valence-electron chi connectivity index (χ2n) is 8.28. The highest BCUT2D eigenvalue weighted by Gasteiger charge is 2.31. The Kier molecular flexibility index (Phi) is 13.8. The van der Waals surface area contributed by atoms with Gasteiger partial charge in [0.2, 0.25) is 6.29 Å². The van der Waals surface area contributed by atoms with Crippen LogP contribution >= 0.6 is 0 Å². The molecule has 2 atom stereocenters. The summed E-state index contributed by atoms with van der Waals surface area (Å²) < 4.78 is 39.4. The van der Waals surface area contributed by atoms with Crippen LogP contribution in [-0.2, 0) is 38.0 Å². The van der Waals surface area contributed by atoms with E-state index < -0.39 is 6.29 Å². The lowest BCUT2D eigenvalue weighted by Crippen LogP contribution is -2.40. The van der Waals surface area contributed by atoms with E-state index in [4.69, 9.17) is 38.3 Å². The summed E-state index contributed by atoms with van der Waals surface area (Å²) in [6, 6.07) is 9.98. The third-order valence-corrected chi connectivity index (χ3v) is 5.68. The molecule has 36 heavy (non-hydrogen) atoms. The Bertz CT molecular complexity index is 745. The van der Waals surface area contributed by atoms with E-state index in [1.165, 1.54) is 0 Å². The number of aliphatic hydroxyl groups excluding tert-OH is 1. The fourth-order valence-corrected chi connectivity index (χ4v) is 3.83. The highest BCUT2D eigenvalue weighted by molar-refractivity contribution is 5.91. The van der Waals surface area contributed by atoms with Crippen molar-refractivity contribution in [3.05, 3.63) is 47.7 Å². The molecule has 0 bridgehead atoms. The number of aliphatic hydroxyl groups is 1. The summed E-state index contributed by atoms with van der Waals surface area (Å²) in [4.78, 5) is 15.2. The fraction of sp³-hybridized carbons (Fsp3) is 0.654. The smallest absolute Gasteiger partial charge is 0.288 e. The molecule has 1 aromatic carbocycles. The number of carbonyl (C=O) groups excluding carboxylic acids is 1. The minimum Gasteiger partial charge on any atom is -0.459 e. The molecule has 1 N–H and O–H groups in total. The zero-order valence-electron chi connectivity index (χ0n) is 20.9. The van der Waals surface area contributed by atoms with Gasteiger partial charge in [-0.15, -0.1) is 0 Å². The standard InChI is InChI=1S/C26H39NO9/c28-8-11-32-18-19-35-25-21-23(22-4-2-1-3-5-22)20-24(36-25)26(29)27-6-9-30-12-14-33-16-17-34-15-13-31-10-7-27/h1-5,20,23,25,28H,6-19,21H2/t23-,25+/m1/s1. The Hall–Kier alpha value is -2.05. The van der Waals surface area contributed by atoms with Crippen LogP contribution in [0.2, 0.25) is 0 Å². The first-order valence-corrected chi connectivity index (χ1v) is 12.6. The predicted molar refractivity (Wildman–Crippen MR) is 130 cm³/mol. The molecule has 10 nitrogen and oxygen atoms in total. The lowest BCUT2D eigenvalue weighted by atomic mass is 9.93. The molecular formula is C26H39NO9. The van der Waals surface area contributed by atoms with Gasteiger partial charge in [0.05, 0.1) is 79.3 Å². The van der Waals surface area contributed by atoms with Crippen molar-refractivity contribution in [1.82, 2.24) is 4.90 Å². The number of ether oxygens (including phenoxy) is 7. The summed E-state index contributed by atoms with van der Waals surface area (Å²) in [6.45, 7) is 5.26. The summed E-state index contributed by atoms with van der Waals surface area (Å²) in [5.74, 6) is -0.0155. The van der Waals surface area contributed by atoms with Crippen molar-refractivity contribution in [1.29, 1.82) is 0 Å². The monoisotopic (exact) mass is 509 g/mol. The van der Waals surface area contributed by atoms with Crippen LogP contribution in [0, 0.1) is 0 Å². The van der Waals surface area contributed by atoms with E-state index >= 15 is 0 Å². The lowest BCUT2D eigenvalue weighted by molar-refractivity contribution is -0.157. The van der Waals surface area contributed by atoms with E-state index in [1.807, 2.05) is 36.4 Å². The van der Waals surface area contributed by atoms with Gasteiger partial charge in [-0.2, -0.15) is 0 Å². The van der Waals surface area contributed by atoms with Crippen LogP contribution in [0.25, 0.3) is 0 Å². The molecule has 202 valence electrons. The second kappa shape index (κ2) is 17.4. The van der Waals surface area contributed by atoms with E-state index in [9.17, 15) is 4.79 Å². The van der Waals surface area contributed by atoms with Gasteiger partial charge in [-0.05, 0) is 11.6 Å². The normalized spacial score (nSPS) is 23.1. The van der Waals surface area contributed by atoms with Crippen LogP contribution in [0.4, 0.5) is 0 Å². The average molecular weight is 510 g/mol. The highest BCUT2D eigenvalue weighted by Crippen LogP contribution is 2.32. The molecule has 0 radical (unpaired) electrons. The van der Waals surface area contributed by atoms with Gasteiger partial charge in [0.1, 0.15) is 0 Å². The Morgan fingerprint density at radius 1 is 0.861 bits per heavy atom. The highest BCUT2D eigenvalue weighted by atomic mass is 16.7. The average Bonchev–Trinajstić information content (AvgIpc) is 2.92. The van der Waals surface area contributed by atoms with Crippen molar-refractivity contribution in [3.63, 3.8) is 0 Å². The molecule has 2 aliphatic heterocycles. The van der Waals surface area contributed by atoms with Crippen LogP contribution in [0.5, 0.6) is 0 Å². The number of allylic oxidation sites excluding steroid dienone is 1. The first-order valence-electron chi connectivity index (χ1n) is 12.6. The topological polar surface area (TPSA) is 105 Å². The molecule has 3 rings (SSSR count). The van der Waals surface area contributed by atoms with Gasteiger partial charge in [0.25, 0.3) is 5.91 Å². The number of carbonyl (C=O) groups is 1. The molecule has 0 spiro atoms. The summed E-state index contributed by atoms with van der Waals surface area (Å²) in [7, 11) is 0. The van der Waals surface area contributed by atoms with Gasteiger partial charge in [-0.1, -0.05) is 30.3 Å². The first-order chi connectivity index (χ1) is 17.8. The van der Waals surface area contributed by atoms with Crippen LogP contribution in [-0.4, -0.2) is 115 Å². The zero-order valence-corrected chi connectivity index (χ0v) is 20.9. The maximum absolute atomic E-state index is 13.5. The van der Waals surface area contributed by atoms with Crippen molar-refractivity contribution in [2.45, 2.75) is 18.6 Å². The molecule has 0 aliphatic carbocycles. The molecule has 0 saturated carbocycles. The van der Waals surface area contributed by atoms with Gasteiger partial charge in [-0.3, -0.25) is 4.79 Å². The third-order valence-electron chi connectivity index (χ3n) is 5.68. The Balaban J connectivity index is 1.66. The van der Waals surface area contributed by atoms with Crippen LogP contribution in [0.3, 0.4) is 0 Å². The van der Waals surface area contributed by atoms with Gasteiger partial charge < -0.3 is 43.2 Å². The molecular weight excluding hydrogens is 470 g/mol. The number of hydrogen-bond donors (Lipinski definition) is 1. The maximum Gasteiger partial charge on any atom is 0.288 e. The van der Waals surface area contributed by atoms with Crippen LogP contribution < -0.4 is 0 Å². The second-order valence-corrected chi connectivity index (χ2v) is 8.28. The fourth-order valence-electron chi connectivity index (χ4n) is 3.83. The largest absolute Gasteiger partial charge is 0.459 e. The number of nitrogens with zero attached hydrogens (tertiary/aromatic N) is 1. The quantitative estimate of drug-likeness (QED) is 0.520.